The molecule has 0 aliphatic heterocycles. The van der Waals surface area contributed by atoms with Crippen LogP contribution < -0.4 is 15.4 Å². The number of amides is 2. The van der Waals surface area contributed by atoms with Crippen LogP contribution in [-0.2, 0) is 0 Å². The second-order valence-corrected chi connectivity index (χ2v) is 5.57. The molecule has 0 spiro atoms. The van der Waals surface area contributed by atoms with Crippen LogP contribution in [0.25, 0.3) is 0 Å². The number of nitrogens with one attached hydrogen (secondary N) is 2. The van der Waals surface area contributed by atoms with Gasteiger partial charge in [-0.3, -0.25) is 9.59 Å². The first-order valence-electron chi connectivity index (χ1n) is 7.58. The Balaban J connectivity index is 2.19. The van der Waals surface area contributed by atoms with Gasteiger partial charge in [0.15, 0.2) is 0 Å². The fourth-order valence-corrected chi connectivity index (χ4v) is 2.29. The number of ether oxygens (including phenoxy) is 1. The molecule has 5 nitrogen and oxygen atoms in total. The lowest BCUT2D eigenvalue weighted by Crippen LogP contribution is -2.24. The molecule has 6 heteroatoms. The largest absolute Gasteiger partial charge is 0.495 e. The Morgan fingerprint density at radius 2 is 1.79 bits per heavy atom. The van der Waals surface area contributed by atoms with Crippen LogP contribution >= 0.6 is 11.6 Å². The van der Waals surface area contributed by atoms with Crippen LogP contribution in [0.1, 0.15) is 34.1 Å². The normalized spacial score (nSPS) is 10.1. The van der Waals surface area contributed by atoms with Crippen LogP contribution in [0, 0.1) is 0 Å². The maximum absolute atomic E-state index is 12.4. The van der Waals surface area contributed by atoms with Gasteiger partial charge in [0.05, 0.1) is 12.8 Å². The number of carbonyl (C=O) groups excluding carboxylic acids is 2. The summed E-state index contributed by atoms with van der Waals surface area (Å²) in [6.07, 6.45) is 0.848. The van der Waals surface area contributed by atoms with E-state index in [4.69, 9.17) is 16.3 Å². The summed E-state index contributed by atoms with van der Waals surface area (Å²) in [5.41, 5.74) is 1.28. The van der Waals surface area contributed by atoms with Gasteiger partial charge < -0.3 is 15.4 Å². The predicted octanol–water partition coefficient (Wildman–Crippen LogP) is 3.74. The lowest BCUT2D eigenvalue weighted by atomic mass is 10.1. The topological polar surface area (TPSA) is 67.4 Å². The zero-order valence-electron chi connectivity index (χ0n) is 13.6. The van der Waals surface area contributed by atoms with Gasteiger partial charge in [-0.1, -0.05) is 24.6 Å². The minimum Gasteiger partial charge on any atom is -0.495 e. The molecule has 2 aromatic rings. The number of methoxy groups -OCH3 is 1. The van der Waals surface area contributed by atoms with Gasteiger partial charge >= 0.3 is 0 Å². The first-order valence-corrected chi connectivity index (χ1v) is 7.96. The van der Waals surface area contributed by atoms with Crippen molar-refractivity contribution >= 4 is 29.1 Å². The minimum absolute atomic E-state index is 0.202. The molecule has 0 radical (unpaired) electrons. The zero-order valence-corrected chi connectivity index (χ0v) is 14.3. The molecule has 126 valence electrons. The zero-order chi connectivity index (χ0) is 17.5. The van der Waals surface area contributed by atoms with Crippen molar-refractivity contribution in [2.45, 2.75) is 13.3 Å². The second-order valence-electron chi connectivity index (χ2n) is 5.14. The highest BCUT2D eigenvalue weighted by Crippen LogP contribution is 2.28. The fourth-order valence-electron chi connectivity index (χ4n) is 2.11. The predicted molar refractivity (Wildman–Crippen MR) is 95.0 cm³/mol. The lowest BCUT2D eigenvalue weighted by molar-refractivity contribution is 0.0953. The van der Waals surface area contributed by atoms with E-state index in [1.165, 1.54) is 7.11 Å². The Morgan fingerprint density at radius 1 is 1.08 bits per heavy atom. The van der Waals surface area contributed by atoms with Crippen LogP contribution in [0.15, 0.2) is 42.5 Å². The molecule has 24 heavy (non-hydrogen) atoms. The van der Waals surface area contributed by atoms with E-state index in [0.717, 1.165) is 6.42 Å². The van der Waals surface area contributed by atoms with Gasteiger partial charge in [0.1, 0.15) is 5.75 Å². The summed E-state index contributed by atoms with van der Waals surface area (Å²) in [6.45, 7) is 2.57. The van der Waals surface area contributed by atoms with Gasteiger partial charge in [0.25, 0.3) is 11.8 Å². The quantitative estimate of drug-likeness (QED) is 0.837. The van der Waals surface area contributed by atoms with E-state index in [9.17, 15) is 9.59 Å². The van der Waals surface area contributed by atoms with Gasteiger partial charge in [0.2, 0.25) is 0 Å². The molecule has 0 saturated carbocycles. The molecule has 0 heterocycles. The van der Waals surface area contributed by atoms with E-state index < -0.39 is 0 Å². The SMILES string of the molecule is CCCNC(=O)c1cccc(C(=O)Nc2cc(Cl)ccc2OC)c1. The number of anilines is 1. The van der Waals surface area contributed by atoms with Crippen LogP contribution in [0.5, 0.6) is 5.75 Å². The maximum Gasteiger partial charge on any atom is 0.255 e. The molecule has 2 N–H and O–H groups in total. The Hall–Kier alpha value is -2.53. The van der Waals surface area contributed by atoms with Crippen molar-refractivity contribution in [2.24, 2.45) is 0 Å². The Kier molecular flexibility index (Phi) is 6.21. The first kappa shape index (κ1) is 17.8. The summed E-state index contributed by atoms with van der Waals surface area (Å²) in [5, 5.41) is 6.01. The van der Waals surface area contributed by atoms with Gasteiger partial charge in [-0.05, 0) is 42.8 Å². The molecular weight excluding hydrogens is 328 g/mol. The van der Waals surface area contributed by atoms with Gasteiger partial charge in [0, 0.05) is 22.7 Å². The van der Waals surface area contributed by atoms with Crippen molar-refractivity contribution in [3.05, 3.63) is 58.6 Å². The molecule has 0 saturated heterocycles. The van der Waals surface area contributed by atoms with Gasteiger partial charge in [-0.15, -0.1) is 0 Å². The summed E-state index contributed by atoms with van der Waals surface area (Å²) < 4.78 is 5.21. The van der Waals surface area contributed by atoms with Gasteiger partial charge in [-0.2, -0.15) is 0 Å². The Labute approximate surface area is 146 Å². The molecule has 0 bridgehead atoms. The number of rotatable bonds is 6. The van der Waals surface area contributed by atoms with E-state index >= 15 is 0 Å². The lowest BCUT2D eigenvalue weighted by Gasteiger charge is -2.11. The summed E-state index contributed by atoms with van der Waals surface area (Å²) >= 11 is 5.96. The Morgan fingerprint density at radius 3 is 2.46 bits per heavy atom. The maximum atomic E-state index is 12.4. The summed E-state index contributed by atoms with van der Waals surface area (Å²) in [6, 6.07) is 11.5. The van der Waals surface area contributed by atoms with Gasteiger partial charge in [-0.25, -0.2) is 0 Å². The highest BCUT2D eigenvalue weighted by molar-refractivity contribution is 6.31. The number of hydrogen-bond donors (Lipinski definition) is 2. The molecule has 2 rings (SSSR count). The Bertz CT molecular complexity index is 747. The van der Waals surface area contributed by atoms with Crippen molar-refractivity contribution in [1.82, 2.24) is 5.32 Å². The fraction of sp³-hybridized carbons (Fsp3) is 0.222. The van der Waals surface area contributed by atoms with E-state index in [1.807, 2.05) is 6.92 Å². The van der Waals surface area contributed by atoms with Crippen LogP contribution in [0.2, 0.25) is 5.02 Å². The average Bonchev–Trinajstić information content (AvgIpc) is 2.60. The van der Waals surface area contributed by atoms with E-state index in [-0.39, 0.29) is 11.8 Å². The van der Waals surface area contributed by atoms with E-state index in [0.29, 0.717) is 34.1 Å². The highest BCUT2D eigenvalue weighted by Gasteiger charge is 2.13. The van der Waals surface area contributed by atoms with Crippen LogP contribution in [0.3, 0.4) is 0 Å². The van der Waals surface area contributed by atoms with Crippen LogP contribution in [-0.4, -0.2) is 25.5 Å². The molecule has 0 aliphatic rings. The minimum atomic E-state index is -0.347. The molecule has 2 aromatic carbocycles. The van der Waals surface area contributed by atoms with E-state index in [1.54, 1.807) is 42.5 Å². The summed E-state index contributed by atoms with van der Waals surface area (Å²) in [5.74, 6) is -0.0443. The second kappa shape index (κ2) is 8.36. The molecule has 0 fully saturated rings. The molecule has 2 amide bonds. The van der Waals surface area contributed by atoms with Crippen molar-refractivity contribution in [3.8, 4) is 5.75 Å². The monoisotopic (exact) mass is 346 g/mol. The summed E-state index contributed by atoms with van der Waals surface area (Å²) in [4.78, 5) is 24.4. The smallest absolute Gasteiger partial charge is 0.255 e. The molecule has 0 atom stereocenters. The number of hydrogen-bond acceptors (Lipinski definition) is 3. The van der Waals surface area contributed by atoms with E-state index in [2.05, 4.69) is 10.6 Å². The van der Waals surface area contributed by atoms with Crippen LogP contribution in [0.4, 0.5) is 5.69 Å². The first-order chi connectivity index (χ1) is 11.5. The van der Waals surface area contributed by atoms with Crippen molar-refractivity contribution in [1.29, 1.82) is 0 Å². The number of benzene rings is 2. The number of carbonyl (C=O) groups is 2. The summed E-state index contributed by atoms with van der Waals surface area (Å²) in [7, 11) is 1.51. The average molecular weight is 347 g/mol. The third-order valence-electron chi connectivity index (χ3n) is 3.33. The third-order valence-corrected chi connectivity index (χ3v) is 3.57. The molecular formula is C18H19ClN2O3. The molecule has 0 aliphatic carbocycles. The molecule has 0 unspecified atom stereocenters. The van der Waals surface area contributed by atoms with Crippen molar-refractivity contribution < 1.29 is 14.3 Å². The standard InChI is InChI=1S/C18H19ClN2O3/c1-3-9-20-17(22)12-5-4-6-13(10-12)18(23)21-15-11-14(19)7-8-16(15)24-2/h4-8,10-11H,3,9H2,1-2H3,(H,20,22)(H,21,23). The molecule has 0 aromatic heterocycles. The van der Waals surface area contributed by atoms with Crippen molar-refractivity contribution in [2.75, 3.05) is 19.0 Å². The highest BCUT2D eigenvalue weighted by atomic mass is 35.5. The number of halogens is 1. The third kappa shape index (κ3) is 4.49. The van der Waals surface area contributed by atoms with Crippen molar-refractivity contribution in [3.63, 3.8) is 0 Å².